The van der Waals surface area contributed by atoms with E-state index in [-0.39, 0.29) is 12.0 Å². The third kappa shape index (κ3) is 4.50. The van der Waals surface area contributed by atoms with E-state index in [1.54, 1.807) is 16.7 Å². The Hall–Kier alpha value is -2.09. The van der Waals surface area contributed by atoms with E-state index in [1.807, 2.05) is 18.2 Å². The van der Waals surface area contributed by atoms with Gasteiger partial charge in [-0.1, -0.05) is 0 Å². The number of thioether (sulfide) groups is 1. The number of carbonyl (C=O) groups excluding carboxylic acids is 2. The smallest absolute Gasteiger partial charge is 0.409 e. The summed E-state index contributed by atoms with van der Waals surface area (Å²) in [6, 6.07) is 5.72. The van der Waals surface area contributed by atoms with Crippen LogP contribution >= 0.6 is 11.8 Å². The van der Waals surface area contributed by atoms with Crippen molar-refractivity contribution in [3.8, 4) is 11.5 Å². The summed E-state index contributed by atoms with van der Waals surface area (Å²) in [6.07, 6.45) is -0.305. The molecule has 0 radical (unpaired) electrons. The maximum atomic E-state index is 12.4. The molecule has 136 valence electrons. The van der Waals surface area contributed by atoms with Crippen LogP contribution in [0.15, 0.2) is 23.1 Å². The first-order valence-electron chi connectivity index (χ1n) is 8.39. The second kappa shape index (κ2) is 8.33. The summed E-state index contributed by atoms with van der Waals surface area (Å²) in [7, 11) is 0. The lowest BCUT2D eigenvalue weighted by atomic mass is 10.3. The van der Waals surface area contributed by atoms with Gasteiger partial charge >= 0.3 is 6.09 Å². The standard InChI is InChI=1S/C17H22N2O5S/c1-2-22-17(21)19-7-5-18(6-8-19)16(20)12-25-13-3-4-14-15(11-13)24-10-9-23-14/h3-4,11H,2,5-10,12H2,1H3. The maximum absolute atomic E-state index is 12.4. The number of carbonyl (C=O) groups is 2. The van der Waals surface area contributed by atoms with Crippen LogP contribution in [0.4, 0.5) is 4.79 Å². The fraction of sp³-hybridized carbons (Fsp3) is 0.529. The van der Waals surface area contributed by atoms with Crippen LogP contribution in [0.3, 0.4) is 0 Å². The maximum Gasteiger partial charge on any atom is 0.409 e. The number of fused-ring (bicyclic) bond motifs is 1. The summed E-state index contributed by atoms with van der Waals surface area (Å²) in [5.74, 6) is 1.91. The molecule has 2 aliphatic heterocycles. The van der Waals surface area contributed by atoms with Gasteiger partial charge in [-0.2, -0.15) is 0 Å². The van der Waals surface area contributed by atoms with Crippen molar-refractivity contribution in [3.63, 3.8) is 0 Å². The Balaban J connectivity index is 1.46. The van der Waals surface area contributed by atoms with Gasteiger partial charge < -0.3 is 24.0 Å². The molecule has 0 bridgehead atoms. The molecule has 0 aliphatic carbocycles. The number of piperazine rings is 1. The number of rotatable bonds is 4. The van der Waals surface area contributed by atoms with Gasteiger partial charge in [-0.3, -0.25) is 4.79 Å². The average molecular weight is 366 g/mol. The molecule has 0 unspecified atom stereocenters. The molecule has 1 aromatic rings. The number of nitrogens with zero attached hydrogens (tertiary/aromatic N) is 2. The van der Waals surface area contributed by atoms with Gasteiger partial charge in [0.2, 0.25) is 5.91 Å². The average Bonchev–Trinajstić information content (AvgIpc) is 2.66. The molecule has 2 heterocycles. The van der Waals surface area contributed by atoms with Crippen LogP contribution < -0.4 is 9.47 Å². The summed E-state index contributed by atoms with van der Waals surface area (Å²) in [5, 5.41) is 0. The van der Waals surface area contributed by atoms with Crippen LogP contribution in [0.2, 0.25) is 0 Å². The largest absolute Gasteiger partial charge is 0.486 e. The Morgan fingerprint density at radius 3 is 2.48 bits per heavy atom. The van der Waals surface area contributed by atoms with Gasteiger partial charge in [0.15, 0.2) is 11.5 Å². The molecule has 7 nitrogen and oxygen atoms in total. The van der Waals surface area contributed by atoms with Crippen LogP contribution in [-0.2, 0) is 9.53 Å². The van der Waals surface area contributed by atoms with E-state index in [0.29, 0.717) is 51.8 Å². The first-order valence-corrected chi connectivity index (χ1v) is 9.38. The minimum absolute atomic E-state index is 0.0726. The van der Waals surface area contributed by atoms with Gasteiger partial charge in [-0.15, -0.1) is 11.8 Å². The number of ether oxygens (including phenoxy) is 3. The van der Waals surface area contributed by atoms with Crippen molar-refractivity contribution in [1.82, 2.24) is 9.80 Å². The Morgan fingerprint density at radius 1 is 1.08 bits per heavy atom. The van der Waals surface area contributed by atoms with Crippen molar-refractivity contribution < 1.29 is 23.8 Å². The predicted molar refractivity (Wildman–Crippen MR) is 93.3 cm³/mol. The van der Waals surface area contributed by atoms with Gasteiger partial charge in [0.1, 0.15) is 13.2 Å². The first-order chi connectivity index (χ1) is 12.2. The lowest BCUT2D eigenvalue weighted by molar-refractivity contribution is -0.129. The molecule has 1 aromatic carbocycles. The molecule has 3 rings (SSSR count). The molecule has 1 fully saturated rings. The van der Waals surface area contributed by atoms with E-state index in [9.17, 15) is 9.59 Å². The Kier molecular flexibility index (Phi) is 5.91. The number of hydrogen-bond acceptors (Lipinski definition) is 6. The van der Waals surface area contributed by atoms with Gasteiger partial charge in [-0.05, 0) is 25.1 Å². The highest BCUT2D eigenvalue weighted by Crippen LogP contribution is 2.34. The monoisotopic (exact) mass is 366 g/mol. The van der Waals surface area contributed by atoms with Crippen molar-refractivity contribution in [3.05, 3.63) is 18.2 Å². The number of benzene rings is 1. The zero-order valence-electron chi connectivity index (χ0n) is 14.2. The molecule has 0 saturated carbocycles. The summed E-state index contributed by atoms with van der Waals surface area (Å²) >= 11 is 1.48. The third-order valence-corrected chi connectivity index (χ3v) is 5.01. The van der Waals surface area contributed by atoms with Gasteiger partial charge in [0.05, 0.1) is 12.4 Å². The normalized spacial score (nSPS) is 16.5. The highest BCUT2D eigenvalue weighted by atomic mass is 32.2. The van der Waals surface area contributed by atoms with Crippen molar-refractivity contribution in [2.45, 2.75) is 11.8 Å². The summed E-state index contributed by atoms with van der Waals surface area (Å²) < 4.78 is 16.0. The summed E-state index contributed by atoms with van der Waals surface area (Å²) in [5.41, 5.74) is 0. The first kappa shape index (κ1) is 17.7. The highest BCUT2D eigenvalue weighted by Gasteiger charge is 2.24. The van der Waals surface area contributed by atoms with E-state index < -0.39 is 0 Å². The molecule has 0 atom stereocenters. The third-order valence-electron chi connectivity index (χ3n) is 4.03. The second-order valence-corrected chi connectivity index (χ2v) is 6.71. The summed E-state index contributed by atoms with van der Waals surface area (Å²) in [6.45, 7) is 5.37. The van der Waals surface area contributed by atoms with E-state index in [2.05, 4.69) is 0 Å². The molecular weight excluding hydrogens is 344 g/mol. The topological polar surface area (TPSA) is 68.3 Å². The summed E-state index contributed by atoms with van der Waals surface area (Å²) in [4.78, 5) is 28.5. The SMILES string of the molecule is CCOC(=O)N1CCN(C(=O)CSc2ccc3c(c2)OCCO3)CC1. The molecule has 0 N–H and O–H groups in total. The lowest BCUT2D eigenvalue weighted by Crippen LogP contribution is -2.51. The van der Waals surface area contributed by atoms with E-state index in [1.165, 1.54) is 11.8 Å². The highest BCUT2D eigenvalue weighted by molar-refractivity contribution is 8.00. The second-order valence-electron chi connectivity index (χ2n) is 5.66. The molecule has 1 saturated heterocycles. The number of hydrogen-bond donors (Lipinski definition) is 0. The molecule has 25 heavy (non-hydrogen) atoms. The molecule has 0 spiro atoms. The fourth-order valence-electron chi connectivity index (χ4n) is 2.70. The van der Waals surface area contributed by atoms with Crippen molar-refractivity contribution >= 4 is 23.8 Å². The van der Waals surface area contributed by atoms with Crippen molar-refractivity contribution in [1.29, 1.82) is 0 Å². The Morgan fingerprint density at radius 2 is 1.76 bits per heavy atom. The van der Waals surface area contributed by atoms with Crippen LogP contribution in [0.5, 0.6) is 11.5 Å². The number of amides is 2. The predicted octanol–water partition coefficient (Wildman–Crippen LogP) is 1.85. The minimum atomic E-state index is -0.305. The van der Waals surface area contributed by atoms with Crippen LogP contribution in [0.25, 0.3) is 0 Å². The van der Waals surface area contributed by atoms with Crippen LogP contribution in [0.1, 0.15) is 6.92 Å². The van der Waals surface area contributed by atoms with Gasteiger partial charge in [0, 0.05) is 31.1 Å². The Labute approximate surface area is 151 Å². The molecular formula is C17H22N2O5S. The lowest BCUT2D eigenvalue weighted by Gasteiger charge is -2.34. The van der Waals surface area contributed by atoms with Crippen molar-refractivity contribution in [2.75, 3.05) is 51.8 Å². The molecule has 0 aromatic heterocycles. The molecule has 2 amide bonds. The van der Waals surface area contributed by atoms with Gasteiger partial charge in [0.25, 0.3) is 0 Å². The zero-order valence-corrected chi connectivity index (χ0v) is 15.0. The molecule has 8 heteroatoms. The Bertz CT molecular complexity index is 631. The van der Waals surface area contributed by atoms with Gasteiger partial charge in [-0.25, -0.2) is 4.79 Å². The quantitative estimate of drug-likeness (QED) is 0.758. The fourth-order valence-corrected chi connectivity index (χ4v) is 3.53. The molecule has 2 aliphatic rings. The van der Waals surface area contributed by atoms with Crippen molar-refractivity contribution in [2.24, 2.45) is 0 Å². The van der Waals surface area contributed by atoms with Crippen LogP contribution in [0, 0.1) is 0 Å². The van der Waals surface area contributed by atoms with E-state index in [0.717, 1.165) is 16.4 Å². The minimum Gasteiger partial charge on any atom is -0.486 e. The van der Waals surface area contributed by atoms with E-state index in [4.69, 9.17) is 14.2 Å². The van der Waals surface area contributed by atoms with E-state index >= 15 is 0 Å². The zero-order chi connectivity index (χ0) is 17.6. The van der Waals surface area contributed by atoms with Crippen LogP contribution in [-0.4, -0.2) is 73.6 Å².